The van der Waals surface area contributed by atoms with Crippen LogP contribution in [0, 0.1) is 6.92 Å². The number of rotatable bonds is 6. The molecule has 0 saturated heterocycles. The second-order valence-electron chi connectivity index (χ2n) is 7.26. The summed E-state index contributed by atoms with van der Waals surface area (Å²) in [6.07, 6.45) is 0. The van der Waals surface area contributed by atoms with Crippen LogP contribution >= 0.6 is 0 Å². The number of imide groups is 1. The lowest BCUT2D eigenvalue weighted by Crippen LogP contribution is -2.29. The fourth-order valence-electron chi connectivity index (χ4n) is 3.23. The van der Waals surface area contributed by atoms with E-state index in [0.717, 1.165) is 4.90 Å². The minimum absolute atomic E-state index is 0.00620. The summed E-state index contributed by atoms with van der Waals surface area (Å²) in [5.74, 6) is -2.27. The number of fused-ring (bicyclic) bond motifs is 1. The highest BCUT2D eigenvalue weighted by atomic mass is 16.5. The van der Waals surface area contributed by atoms with Crippen LogP contribution in [0.25, 0.3) is 0 Å². The maximum absolute atomic E-state index is 12.7. The number of carbonyl (C=O) groups excluding carboxylic acids is 5. The highest BCUT2D eigenvalue weighted by Crippen LogP contribution is 2.29. The van der Waals surface area contributed by atoms with Crippen molar-refractivity contribution in [1.29, 1.82) is 0 Å². The van der Waals surface area contributed by atoms with Gasteiger partial charge in [0.15, 0.2) is 18.2 Å². The van der Waals surface area contributed by atoms with Gasteiger partial charge in [0.25, 0.3) is 17.7 Å². The van der Waals surface area contributed by atoms with Crippen molar-refractivity contribution in [2.75, 3.05) is 16.8 Å². The summed E-state index contributed by atoms with van der Waals surface area (Å²) >= 11 is 0. The van der Waals surface area contributed by atoms with Crippen LogP contribution in [0.2, 0.25) is 0 Å². The molecule has 166 valence electrons. The van der Waals surface area contributed by atoms with Gasteiger partial charge < -0.3 is 14.6 Å². The monoisotopic (exact) mass is 447 g/mol. The molecule has 2 aromatic carbocycles. The van der Waals surface area contributed by atoms with Crippen molar-refractivity contribution in [1.82, 2.24) is 5.16 Å². The van der Waals surface area contributed by atoms with E-state index in [1.807, 2.05) is 0 Å². The summed E-state index contributed by atoms with van der Waals surface area (Å²) in [6, 6.07) is 11.6. The molecule has 0 radical (unpaired) electrons. The third-order valence-corrected chi connectivity index (χ3v) is 4.88. The van der Waals surface area contributed by atoms with E-state index in [4.69, 9.17) is 9.26 Å². The lowest BCUT2D eigenvalue weighted by molar-refractivity contribution is -0.119. The van der Waals surface area contributed by atoms with Gasteiger partial charge in [-0.15, -0.1) is 0 Å². The Balaban J connectivity index is 1.40. The highest BCUT2D eigenvalue weighted by Gasteiger charge is 2.38. The number of hydrogen-bond donors (Lipinski definition) is 1. The number of anilines is 2. The normalized spacial score (nSPS) is 12.5. The second kappa shape index (κ2) is 8.50. The number of nitrogens with zero attached hydrogens (tertiary/aromatic N) is 2. The molecule has 0 aliphatic carbocycles. The van der Waals surface area contributed by atoms with Gasteiger partial charge in [-0.3, -0.25) is 19.2 Å². The number of esters is 1. The average Bonchev–Trinajstić information content (AvgIpc) is 3.32. The number of ether oxygens (including phenoxy) is 1. The fourth-order valence-corrected chi connectivity index (χ4v) is 3.23. The van der Waals surface area contributed by atoms with Crippen molar-refractivity contribution in [2.45, 2.75) is 13.8 Å². The highest BCUT2D eigenvalue weighted by molar-refractivity contribution is 6.34. The van der Waals surface area contributed by atoms with Crippen LogP contribution in [-0.2, 0) is 9.53 Å². The first-order valence-electron chi connectivity index (χ1n) is 9.78. The number of hydrogen-bond acceptors (Lipinski definition) is 8. The molecule has 0 bridgehead atoms. The van der Waals surface area contributed by atoms with Gasteiger partial charge in [-0.25, -0.2) is 9.69 Å². The Morgan fingerprint density at radius 2 is 1.64 bits per heavy atom. The van der Waals surface area contributed by atoms with Gasteiger partial charge in [-0.05, 0) is 56.3 Å². The van der Waals surface area contributed by atoms with Crippen LogP contribution in [0.3, 0.4) is 0 Å². The van der Waals surface area contributed by atoms with Gasteiger partial charge in [-0.1, -0.05) is 5.16 Å². The first kappa shape index (κ1) is 21.6. The zero-order chi connectivity index (χ0) is 23.7. The number of ketones is 1. The van der Waals surface area contributed by atoms with Crippen molar-refractivity contribution in [3.63, 3.8) is 0 Å². The number of nitrogens with one attached hydrogen (secondary N) is 1. The van der Waals surface area contributed by atoms with Crippen LogP contribution in [0.4, 0.5) is 11.5 Å². The van der Waals surface area contributed by atoms with E-state index in [-0.39, 0.29) is 28.3 Å². The molecule has 2 heterocycles. The van der Waals surface area contributed by atoms with Crippen LogP contribution in [0.5, 0.6) is 0 Å². The number of Topliss-reactive ketones (excluding diaryl/α,β-unsaturated/α-hetero) is 1. The predicted octanol–water partition coefficient (Wildman–Crippen LogP) is 2.78. The van der Waals surface area contributed by atoms with Crippen LogP contribution in [0.1, 0.15) is 54.1 Å². The maximum atomic E-state index is 12.7. The quantitative estimate of drug-likeness (QED) is 0.346. The smallest absolute Gasteiger partial charge is 0.338 e. The van der Waals surface area contributed by atoms with Crippen LogP contribution < -0.4 is 10.2 Å². The molecule has 1 aromatic heterocycles. The lowest BCUT2D eigenvalue weighted by Gasteiger charge is -2.08. The fraction of sp³-hybridized carbons (Fsp3) is 0.130. The van der Waals surface area contributed by atoms with Gasteiger partial charge in [0.1, 0.15) is 5.76 Å². The summed E-state index contributed by atoms with van der Waals surface area (Å²) in [7, 11) is 0. The molecular formula is C23H17N3O7. The lowest BCUT2D eigenvalue weighted by atomic mass is 10.1. The Labute approximate surface area is 187 Å². The molecule has 0 unspecified atom stereocenters. The van der Waals surface area contributed by atoms with E-state index in [2.05, 4.69) is 10.5 Å². The molecular weight excluding hydrogens is 430 g/mol. The summed E-state index contributed by atoms with van der Waals surface area (Å²) < 4.78 is 9.94. The molecule has 33 heavy (non-hydrogen) atoms. The van der Waals surface area contributed by atoms with Crippen molar-refractivity contribution in [2.24, 2.45) is 0 Å². The predicted molar refractivity (Wildman–Crippen MR) is 114 cm³/mol. The van der Waals surface area contributed by atoms with Gasteiger partial charge in [0.05, 0.1) is 16.7 Å². The number of aryl methyl sites for hydroxylation is 1. The molecule has 0 atom stereocenters. The SMILES string of the molecule is CC(=O)c1ccc(NC(=O)COC(=O)c2ccc3c(c2)C(=O)N(c2cc(C)on2)C3=O)cc1. The van der Waals surface area contributed by atoms with Crippen LogP contribution in [-0.4, -0.2) is 41.2 Å². The molecule has 0 spiro atoms. The molecule has 1 aliphatic rings. The molecule has 3 aromatic rings. The Kier molecular flexibility index (Phi) is 5.57. The first-order chi connectivity index (χ1) is 15.7. The molecule has 1 aliphatic heterocycles. The van der Waals surface area contributed by atoms with Crippen molar-refractivity contribution >= 4 is 41.0 Å². The molecule has 4 rings (SSSR count). The van der Waals surface area contributed by atoms with Crippen LogP contribution in [0.15, 0.2) is 53.1 Å². The van der Waals surface area contributed by atoms with E-state index in [0.29, 0.717) is 17.0 Å². The summed E-state index contributed by atoms with van der Waals surface area (Å²) in [5, 5.41) is 6.24. The summed E-state index contributed by atoms with van der Waals surface area (Å²) in [4.78, 5) is 61.9. The Hall–Kier alpha value is -4.60. The van der Waals surface area contributed by atoms with Gasteiger partial charge >= 0.3 is 5.97 Å². The van der Waals surface area contributed by atoms with E-state index in [9.17, 15) is 24.0 Å². The Bertz CT molecular complexity index is 1310. The van der Waals surface area contributed by atoms with Gasteiger partial charge in [-0.2, -0.15) is 0 Å². The Morgan fingerprint density at radius 3 is 2.27 bits per heavy atom. The average molecular weight is 447 g/mol. The van der Waals surface area contributed by atoms with Crippen molar-refractivity contribution in [3.05, 3.63) is 76.5 Å². The maximum Gasteiger partial charge on any atom is 0.338 e. The van der Waals surface area contributed by atoms with E-state index < -0.39 is 30.3 Å². The molecule has 10 nitrogen and oxygen atoms in total. The van der Waals surface area contributed by atoms with E-state index in [1.165, 1.54) is 31.2 Å². The van der Waals surface area contributed by atoms with Crippen molar-refractivity contribution in [3.8, 4) is 0 Å². The van der Waals surface area contributed by atoms with E-state index in [1.54, 1.807) is 31.2 Å². The molecule has 0 saturated carbocycles. The topological polar surface area (TPSA) is 136 Å². The summed E-state index contributed by atoms with van der Waals surface area (Å²) in [6.45, 7) is 2.49. The zero-order valence-electron chi connectivity index (χ0n) is 17.6. The first-order valence-corrected chi connectivity index (χ1v) is 9.78. The van der Waals surface area contributed by atoms with Gasteiger partial charge in [0.2, 0.25) is 0 Å². The number of aromatic nitrogens is 1. The zero-order valence-corrected chi connectivity index (χ0v) is 17.6. The summed E-state index contributed by atoms with van der Waals surface area (Å²) in [5.41, 5.74) is 1.08. The second-order valence-corrected chi connectivity index (χ2v) is 7.26. The Morgan fingerprint density at radius 1 is 0.970 bits per heavy atom. The molecule has 10 heteroatoms. The molecule has 0 fully saturated rings. The standard InChI is InChI=1S/C23H17N3O7/c1-12-9-19(25-33-12)26-21(29)17-8-5-15(10-18(17)22(26)30)23(31)32-11-20(28)24-16-6-3-14(4-7-16)13(2)27/h3-10H,11H2,1-2H3,(H,24,28). The number of amides is 3. The van der Waals surface area contributed by atoms with E-state index >= 15 is 0 Å². The third kappa shape index (κ3) is 4.26. The van der Waals surface area contributed by atoms with Gasteiger partial charge in [0, 0.05) is 17.3 Å². The number of benzene rings is 2. The minimum atomic E-state index is -0.837. The minimum Gasteiger partial charge on any atom is -0.452 e. The largest absolute Gasteiger partial charge is 0.452 e. The van der Waals surface area contributed by atoms with Crippen molar-refractivity contribution < 1.29 is 33.2 Å². The molecule has 1 N–H and O–H groups in total. The number of carbonyl (C=O) groups is 5. The third-order valence-electron chi connectivity index (χ3n) is 4.88. The molecule has 3 amide bonds.